The Bertz CT molecular complexity index is 731. The predicted molar refractivity (Wildman–Crippen MR) is 79.8 cm³/mol. The first-order chi connectivity index (χ1) is 9.90. The van der Waals surface area contributed by atoms with E-state index in [1.807, 2.05) is 0 Å². The van der Waals surface area contributed by atoms with E-state index in [0.717, 1.165) is 0 Å². The second kappa shape index (κ2) is 5.88. The Kier molecular flexibility index (Phi) is 4.18. The van der Waals surface area contributed by atoms with Crippen molar-refractivity contribution in [2.24, 2.45) is 0 Å². The van der Waals surface area contributed by atoms with E-state index in [9.17, 15) is 14.9 Å². The lowest BCUT2D eigenvalue weighted by Crippen LogP contribution is -2.13. The molecule has 7 heteroatoms. The van der Waals surface area contributed by atoms with Gasteiger partial charge in [-0.25, -0.2) is 0 Å². The number of amides is 1. The molecule has 0 bridgehead atoms. The topological polar surface area (TPSA) is 85.1 Å². The number of nitrogens with zero attached hydrogens (tertiary/aromatic N) is 2. The molecule has 0 aliphatic rings. The third-order valence-corrected chi connectivity index (χ3v) is 3.31. The lowest BCUT2D eigenvalue weighted by Gasteiger charge is -2.10. The third-order valence-electron chi connectivity index (χ3n) is 3.00. The summed E-state index contributed by atoms with van der Waals surface area (Å²) in [5, 5.41) is 13.8. The van der Waals surface area contributed by atoms with Crippen molar-refractivity contribution >= 4 is 28.9 Å². The fraction of sp³-hybridized carbons (Fsp3) is 0.143. The summed E-state index contributed by atoms with van der Waals surface area (Å²) < 4.78 is 0. The number of nitro groups is 1. The zero-order valence-corrected chi connectivity index (χ0v) is 12.1. The third kappa shape index (κ3) is 3.17. The Morgan fingerprint density at radius 1 is 1.33 bits per heavy atom. The molecular formula is C14H12ClN3O3. The number of pyridine rings is 1. The zero-order valence-electron chi connectivity index (χ0n) is 11.4. The molecule has 0 fully saturated rings. The van der Waals surface area contributed by atoms with E-state index in [2.05, 4.69) is 10.3 Å². The summed E-state index contributed by atoms with van der Waals surface area (Å²) in [6.45, 7) is 3.31. The average Bonchev–Trinajstić information content (AvgIpc) is 2.42. The highest BCUT2D eigenvalue weighted by Crippen LogP contribution is 2.26. The van der Waals surface area contributed by atoms with E-state index in [1.54, 1.807) is 19.9 Å². The summed E-state index contributed by atoms with van der Waals surface area (Å²) in [5.74, 6) is -0.390. The fourth-order valence-electron chi connectivity index (χ4n) is 1.88. The van der Waals surface area contributed by atoms with Gasteiger partial charge in [0.15, 0.2) is 0 Å². The van der Waals surface area contributed by atoms with E-state index >= 15 is 0 Å². The van der Waals surface area contributed by atoms with Crippen molar-refractivity contribution in [2.45, 2.75) is 13.8 Å². The average molecular weight is 306 g/mol. The molecule has 108 valence electrons. The number of benzene rings is 1. The van der Waals surface area contributed by atoms with Crippen LogP contribution in [0.4, 0.5) is 11.4 Å². The second-order valence-corrected chi connectivity index (χ2v) is 4.93. The molecule has 21 heavy (non-hydrogen) atoms. The van der Waals surface area contributed by atoms with Crippen molar-refractivity contribution in [3.05, 3.63) is 62.4 Å². The highest BCUT2D eigenvalue weighted by Gasteiger charge is 2.16. The fourth-order valence-corrected chi connectivity index (χ4v) is 2.09. The monoisotopic (exact) mass is 305 g/mol. The number of carbonyl (C=O) groups excluding carboxylic acids is 1. The maximum absolute atomic E-state index is 12.2. The normalized spacial score (nSPS) is 10.2. The number of halogens is 1. The molecule has 1 heterocycles. The summed E-state index contributed by atoms with van der Waals surface area (Å²) in [6.07, 6.45) is 2.85. The van der Waals surface area contributed by atoms with Gasteiger partial charge in [0.05, 0.1) is 15.5 Å². The molecule has 6 nitrogen and oxygen atoms in total. The molecule has 0 aliphatic heterocycles. The first kappa shape index (κ1) is 14.9. The first-order valence-electron chi connectivity index (χ1n) is 6.06. The molecular weight excluding hydrogens is 294 g/mol. The van der Waals surface area contributed by atoms with E-state index in [0.29, 0.717) is 22.4 Å². The number of aromatic nitrogens is 1. The van der Waals surface area contributed by atoms with Crippen LogP contribution in [-0.2, 0) is 0 Å². The molecule has 0 atom stereocenters. The van der Waals surface area contributed by atoms with Gasteiger partial charge in [0.1, 0.15) is 0 Å². The molecule has 1 N–H and O–H groups in total. The van der Waals surface area contributed by atoms with Crippen molar-refractivity contribution in [1.82, 2.24) is 4.98 Å². The molecule has 0 saturated heterocycles. The maximum atomic E-state index is 12.2. The Balaban J connectivity index is 2.32. The summed E-state index contributed by atoms with van der Waals surface area (Å²) in [4.78, 5) is 26.4. The van der Waals surface area contributed by atoms with Gasteiger partial charge in [0, 0.05) is 29.7 Å². The van der Waals surface area contributed by atoms with Gasteiger partial charge < -0.3 is 5.32 Å². The van der Waals surface area contributed by atoms with Crippen LogP contribution < -0.4 is 5.32 Å². The number of hydrogen-bond donors (Lipinski definition) is 1. The number of hydrogen-bond acceptors (Lipinski definition) is 4. The van der Waals surface area contributed by atoms with Crippen LogP contribution >= 0.6 is 11.6 Å². The largest absolute Gasteiger partial charge is 0.322 e. The van der Waals surface area contributed by atoms with Crippen LogP contribution in [0.1, 0.15) is 21.5 Å². The van der Waals surface area contributed by atoms with Crippen molar-refractivity contribution in [1.29, 1.82) is 0 Å². The van der Waals surface area contributed by atoms with Gasteiger partial charge >= 0.3 is 0 Å². The molecule has 1 amide bonds. The van der Waals surface area contributed by atoms with E-state index in [1.165, 1.54) is 24.5 Å². The molecule has 0 spiro atoms. The molecule has 0 radical (unpaired) electrons. The van der Waals surface area contributed by atoms with Crippen LogP contribution in [0.25, 0.3) is 0 Å². The van der Waals surface area contributed by atoms with Gasteiger partial charge in [0.2, 0.25) is 0 Å². The van der Waals surface area contributed by atoms with E-state index in [-0.39, 0.29) is 10.7 Å². The highest BCUT2D eigenvalue weighted by atomic mass is 35.5. The number of nitrogens with one attached hydrogen (secondary N) is 1. The molecule has 0 aliphatic carbocycles. The highest BCUT2D eigenvalue weighted by molar-refractivity contribution is 6.34. The van der Waals surface area contributed by atoms with Crippen LogP contribution in [-0.4, -0.2) is 15.8 Å². The van der Waals surface area contributed by atoms with Crippen LogP contribution in [0, 0.1) is 24.0 Å². The molecule has 1 aromatic carbocycles. The molecule has 1 aromatic heterocycles. The SMILES string of the molecule is Cc1cc([N+](=O)[O-])c(C)cc1NC(=O)c1ccncc1Cl. The van der Waals surface area contributed by atoms with Gasteiger partial charge in [-0.15, -0.1) is 0 Å². The standard InChI is InChI=1S/C14H12ClN3O3/c1-8-6-13(18(20)21)9(2)5-12(8)17-14(19)10-3-4-16-7-11(10)15/h3-7H,1-2H3,(H,17,19). The quantitative estimate of drug-likeness (QED) is 0.694. The molecule has 2 rings (SSSR count). The second-order valence-electron chi connectivity index (χ2n) is 4.52. The number of rotatable bonds is 3. The Morgan fingerprint density at radius 2 is 2.05 bits per heavy atom. The summed E-state index contributed by atoms with van der Waals surface area (Å²) in [7, 11) is 0. The summed E-state index contributed by atoms with van der Waals surface area (Å²) >= 11 is 5.91. The van der Waals surface area contributed by atoms with Crippen LogP contribution in [0.5, 0.6) is 0 Å². The van der Waals surface area contributed by atoms with E-state index < -0.39 is 10.8 Å². The zero-order chi connectivity index (χ0) is 15.6. The summed E-state index contributed by atoms with van der Waals surface area (Å²) in [5.41, 5.74) is 1.90. The van der Waals surface area contributed by atoms with Gasteiger partial charge in [-0.2, -0.15) is 0 Å². The minimum absolute atomic E-state index is 0.0208. The minimum Gasteiger partial charge on any atom is -0.322 e. The maximum Gasteiger partial charge on any atom is 0.272 e. The van der Waals surface area contributed by atoms with Gasteiger partial charge in [-0.05, 0) is 31.5 Å². The van der Waals surface area contributed by atoms with Crippen molar-refractivity contribution in [2.75, 3.05) is 5.32 Å². The summed E-state index contributed by atoms with van der Waals surface area (Å²) in [6, 6.07) is 4.50. The number of nitro benzene ring substituents is 1. The lowest BCUT2D eigenvalue weighted by atomic mass is 10.1. The smallest absolute Gasteiger partial charge is 0.272 e. The first-order valence-corrected chi connectivity index (χ1v) is 6.44. The van der Waals surface area contributed by atoms with E-state index in [4.69, 9.17) is 11.6 Å². The van der Waals surface area contributed by atoms with Gasteiger partial charge in [-0.3, -0.25) is 19.9 Å². The van der Waals surface area contributed by atoms with Gasteiger partial charge in [-0.1, -0.05) is 11.6 Å². The van der Waals surface area contributed by atoms with Crippen LogP contribution in [0.2, 0.25) is 5.02 Å². The number of anilines is 1. The molecule has 2 aromatic rings. The van der Waals surface area contributed by atoms with Crippen LogP contribution in [0.3, 0.4) is 0 Å². The Hall–Kier alpha value is -2.47. The van der Waals surface area contributed by atoms with Crippen molar-refractivity contribution < 1.29 is 9.72 Å². The molecule has 0 unspecified atom stereocenters. The molecule has 0 saturated carbocycles. The Morgan fingerprint density at radius 3 is 2.67 bits per heavy atom. The van der Waals surface area contributed by atoms with Crippen molar-refractivity contribution in [3.63, 3.8) is 0 Å². The van der Waals surface area contributed by atoms with Crippen molar-refractivity contribution in [3.8, 4) is 0 Å². The Labute approximate surface area is 125 Å². The van der Waals surface area contributed by atoms with Crippen LogP contribution in [0.15, 0.2) is 30.6 Å². The lowest BCUT2D eigenvalue weighted by molar-refractivity contribution is -0.385. The van der Waals surface area contributed by atoms with Gasteiger partial charge in [0.25, 0.3) is 11.6 Å². The minimum atomic E-state index is -0.451. The number of aryl methyl sites for hydroxylation is 2. The number of carbonyl (C=O) groups is 1. The predicted octanol–water partition coefficient (Wildman–Crippen LogP) is 3.51.